The zero-order chi connectivity index (χ0) is 15.2. The maximum absolute atomic E-state index is 4.59. The van der Waals surface area contributed by atoms with Crippen LogP contribution in [0.15, 0.2) is 30.3 Å². The highest BCUT2D eigenvalue weighted by atomic mass is 15.3. The smallest absolute Gasteiger partial charge is 0.0748 e. The zero-order valence-electron chi connectivity index (χ0n) is 13.7. The third-order valence-electron chi connectivity index (χ3n) is 3.76. The summed E-state index contributed by atoms with van der Waals surface area (Å²) in [7, 11) is 0. The molecule has 0 saturated carbocycles. The van der Waals surface area contributed by atoms with Gasteiger partial charge < -0.3 is 5.32 Å². The summed E-state index contributed by atoms with van der Waals surface area (Å²) < 4.78 is 2.11. The predicted octanol–water partition coefficient (Wildman–Crippen LogP) is 3.86. The lowest BCUT2D eigenvalue weighted by molar-refractivity contribution is 0.541. The molecule has 0 saturated heterocycles. The molecule has 1 unspecified atom stereocenters. The van der Waals surface area contributed by atoms with Crippen molar-refractivity contribution in [3.05, 3.63) is 52.8 Å². The second kappa shape index (κ2) is 7.41. The van der Waals surface area contributed by atoms with Crippen molar-refractivity contribution in [2.24, 2.45) is 0 Å². The van der Waals surface area contributed by atoms with Crippen LogP contribution in [0, 0.1) is 6.92 Å². The Bertz CT molecular complexity index is 572. The van der Waals surface area contributed by atoms with Crippen LogP contribution in [-0.4, -0.2) is 16.3 Å². The molecule has 0 amide bonds. The lowest BCUT2D eigenvalue weighted by atomic mass is 9.99. The van der Waals surface area contributed by atoms with Crippen molar-refractivity contribution in [2.75, 3.05) is 6.54 Å². The molecule has 0 radical (unpaired) electrons. The summed E-state index contributed by atoms with van der Waals surface area (Å²) >= 11 is 0. The molecule has 114 valence electrons. The Morgan fingerprint density at radius 3 is 2.67 bits per heavy atom. The largest absolute Gasteiger partial charge is 0.305 e. The SMILES string of the molecule is CCCc1cccc(C(NCC)c2cc(C)nn2CC)c1. The summed E-state index contributed by atoms with van der Waals surface area (Å²) in [5.74, 6) is 0. The highest BCUT2D eigenvalue weighted by molar-refractivity contribution is 5.32. The lowest BCUT2D eigenvalue weighted by Crippen LogP contribution is -2.24. The molecule has 0 aliphatic heterocycles. The minimum absolute atomic E-state index is 0.216. The fourth-order valence-electron chi connectivity index (χ4n) is 2.87. The number of hydrogen-bond donors (Lipinski definition) is 1. The topological polar surface area (TPSA) is 29.9 Å². The van der Waals surface area contributed by atoms with Gasteiger partial charge in [0.05, 0.1) is 17.4 Å². The third kappa shape index (κ3) is 3.73. The van der Waals surface area contributed by atoms with Crippen LogP contribution in [0.2, 0.25) is 0 Å². The monoisotopic (exact) mass is 285 g/mol. The van der Waals surface area contributed by atoms with E-state index in [1.807, 2.05) is 0 Å². The first kappa shape index (κ1) is 15.8. The Labute approximate surface area is 128 Å². The maximum atomic E-state index is 4.59. The summed E-state index contributed by atoms with van der Waals surface area (Å²) in [6, 6.07) is 11.4. The number of rotatable bonds is 7. The van der Waals surface area contributed by atoms with E-state index in [0.717, 1.165) is 25.2 Å². The third-order valence-corrected chi connectivity index (χ3v) is 3.76. The standard InChI is InChI=1S/C18H27N3/c1-5-9-15-10-8-11-16(13-15)18(19-6-2)17-12-14(4)20-21(17)7-3/h8,10-13,18-19H,5-7,9H2,1-4H3. The van der Waals surface area contributed by atoms with E-state index in [1.165, 1.54) is 23.2 Å². The normalized spacial score (nSPS) is 12.6. The molecular weight excluding hydrogens is 258 g/mol. The van der Waals surface area contributed by atoms with Crippen LogP contribution in [0.4, 0.5) is 0 Å². The number of aryl methyl sites for hydroxylation is 3. The molecule has 1 heterocycles. The molecule has 21 heavy (non-hydrogen) atoms. The molecule has 3 heteroatoms. The molecule has 0 bridgehead atoms. The molecule has 1 aromatic heterocycles. The van der Waals surface area contributed by atoms with E-state index in [-0.39, 0.29) is 6.04 Å². The second-order valence-electron chi connectivity index (χ2n) is 5.51. The first-order valence-electron chi connectivity index (χ1n) is 8.06. The molecule has 2 rings (SSSR count). The molecule has 1 N–H and O–H groups in total. The second-order valence-corrected chi connectivity index (χ2v) is 5.51. The summed E-state index contributed by atoms with van der Waals surface area (Å²) in [6.07, 6.45) is 2.32. The van der Waals surface area contributed by atoms with Crippen LogP contribution in [0.3, 0.4) is 0 Å². The van der Waals surface area contributed by atoms with Crippen molar-refractivity contribution < 1.29 is 0 Å². The van der Waals surface area contributed by atoms with Gasteiger partial charge in [0.15, 0.2) is 0 Å². The molecule has 0 fully saturated rings. The number of nitrogens with zero attached hydrogens (tertiary/aromatic N) is 2. The van der Waals surface area contributed by atoms with Crippen LogP contribution in [0.25, 0.3) is 0 Å². The first-order chi connectivity index (χ1) is 10.2. The van der Waals surface area contributed by atoms with Gasteiger partial charge in [-0.3, -0.25) is 4.68 Å². The van der Waals surface area contributed by atoms with Crippen molar-refractivity contribution in [3.8, 4) is 0 Å². The Hall–Kier alpha value is -1.61. The number of aromatic nitrogens is 2. The molecule has 1 atom stereocenters. The van der Waals surface area contributed by atoms with Crippen molar-refractivity contribution >= 4 is 0 Å². The van der Waals surface area contributed by atoms with Gasteiger partial charge in [0.1, 0.15) is 0 Å². The lowest BCUT2D eigenvalue weighted by Gasteiger charge is -2.20. The van der Waals surface area contributed by atoms with E-state index in [9.17, 15) is 0 Å². The molecule has 0 spiro atoms. The summed E-state index contributed by atoms with van der Waals surface area (Å²) in [5, 5.41) is 8.20. The minimum atomic E-state index is 0.216. The van der Waals surface area contributed by atoms with Crippen LogP contribution < -0.4 is 5.32 Å². The Morgan fingerprint density at radius 1 is 1.19 bits per heavy atom. The average Bonchev–Trinajstić information content (AvgIpc) is 2.86. The van der Waals surface area contributed by atoms with Crippen molar-refractivity contribution in [3.63, 3.8) is 0 Å². The molecule has 0 aliphatic rings. The number of benzene rings is 1. The summed E-state index contributed by atoms with van der Waals surface area (Å²) in [5.41, 5.74) is 5.08. The first-order valence-corrected chi connectivity index (χ1v) is 8.06. The predicted molar refractivity (Wildman–Crippen MR) is 88.6 cm³/mol. The van der Waals surface area contributed by atoms with E-state index < -0.39 is 0 Å². The van der Waals surface area contributed by atoms with Gasteiger partial charge in [0.25, 0.3) is 0 Å². The maximum Gasteiger partial charge on any atom is 0.0748 e. The molecule has 0 aliphatic carbocycles. The van der Waals surface area contributed by atoms with Crippen LogP contribution >= 0.6 is 0 Å². The zero-order valence-corrected chi connectivity index (χ0v) is 13.7. The van der Waals surface area contributed by atoms with Gasteiger partial charge in [-0.25, -0.2) is 0 Å². The molecule has 1 aromatic carbocycles. The molecule has 2 aromatic rings. The highest BCUT2D eigenvalue weighted by Crippen LogP contribution is 2.24. The fraction of sp³-hybridized carbons (Fsp3) is 0.500. The van der Waals surface area contributed by atoms with Gasteiger partial charge in [-0.2, -0.15) is 5.10 Å². The molecular formula is C18H27N3. The van der Waals surface area contributed by atoms with Gasteiger partial charge in [0, 0.05) is 6.54 Å². The number of hydrogen-bond acceptors (Lipinski definition) is 2. The highest BCUT2D eigenvalue weighted by Gasteiger charge is 2.18. The summed E-state index contributed by atoms with van der Waals surface area (Å²) in [6.45, 7) is 10.4. The van der Waals surface area contributed by atoms with E-state index in [4.69, 9.17) is 0 Å². The Morgan fingerprint density at radius 2 is 2.00 bits per heavy atom. The van der Waals surface area contributed by atoms with Gasteiger partial charge >= 0.3 is 0 Å². The van der Waals surface area contributed by atoms with Crippen molar-refractivity contribution in [1.29, 1.82) is 0 Å². The van der Waals surface area contributed by atoms with Gasteiger partial charge in [-0.05, 0) is 44.0 Å². The van der Waals surface area contributed by atoms with Gasteiger partial charge in [-0.15, -0.1) is 0 Å². The van der Waals surface area contributed by atoms with Crippen LogP contribution in [0.5, 0.6) is 0 Å². The van der Waals surface area contributed by atoms with Gasteiger partial charge in [-0.1, -0.05) is 44.5 Å². The Balaban J connectivity index is 2.40. The Kier molecular flexibility index (Phi) is 5.57. The van der Waals surface area contributed by atoms with Crippen molar-refractivity contribution in [1.82, 2.24) is 15.1 Å². The van der Waals surface area contributed by atoms with E-state index in [2.05, 4.69) is 73.1 Å². The summed E-state index contributed by atoms with van der Waals surface area (Å²) in [4.78, 5) is 0. The number of nitrogens with one attached hydrogen (secondary N) is 1. The van der Waals surface area contributed by atoms with Crippen LogP contribution in [-0.2, 0) is 13.0 Å². The minimum Gasteiger partial charge on any atom is -0.305 e. The average molecular weight is 285 g/mol. The van der Waals surface area contributed by atoms with Crippen LogP contribution in [0.1, 0.15) is 55.7 Å². The molecule has 3 nitrogen and oxygen atoms in total. The van der Waals surface area contributed by atoms with E-state index in [0.29, 0.717) is 0 Å². The quantitative estimate of drug-likeness (QED) is 0.837. The van der Waals surface area contributed by atoms with E-state index in [1.54, 1.807) is 0 Å². The van der Waals surface area contributed by atoms with Gasteiger partial charge in [0.2, 0.25) is 0 Å². The van der Waals surface area contributed by atoms with E-state index >= 15 is 0 Å². The van der Waals surface area contributed by atoms with Crippen molar-refractivity contribution in [2.45, 2.75) is 53.1 Å². The fourth-order valence-corrected chi connectivity index (χ4v) is 2.87.